The highest BCUT2D eigenvalue weighted by molar-refractivity contribution is 5.88. The number of nitrogens with zero attached hydrogens (tertiary/aromatic N) is 2. The first-order valence-electron chi connectivity index (χ1n) is 6.56. The maximum atomic E-state index is 11.8. The Morgan fingerprint density at radius 3 is 3.21 bits per heavy atom. The summed E-state index contributed by atoms with van der Waals surface area (Å²) in [5.74, 6) is 0.583. The first-order valence-corrected chi connectivity index (χ1v) is 6.56. The highest BCUT2D eigenvalue weighted by Gasteiger charge is 2.19. The lowest BCUT2D eigenvalue weighted by Gasteiger charge is -2.11. The Hall–Kier alpha value is -1.88. The molecule has 0 aliphatic carbocycles. The van der Waals surface area contributed by atoms with Crippen LogP contribution in [0.15, 0.2) is 24.4 Å². The molecule has 19 heavy (non-hydrogen) atoms. The predicted octanol–water partition coefficient (Wildman–Crippen LogP) is 1.42. The molecule has 1 saturated heterocycles. The molecule has 2 aromatic heterocycles. The van der Waals surface area contributed by atoms with Crippen molar-refractivity contribution in [2.75, 3.05) is 13.7 Å². The minimum Gasteiger partial charge on any atom is -0.464 e. The van der Waals surface area contributed by atoms with Gasteiger partial charge in [-0.3, -0.25) is 4.40 Å². The van der Waals surface area contributed by atoms with Gasteiger partial charge in [0.05, 0.1) is 18.8 Å². The van der Waals surface area contributed by atoms with Gasteiger partial charge in [-0.25, -0.2) is 9.78 Å². The van der Waals surface area contributed by atoms with Crippen molar-refractivity contribution in [3.63, 3.8) is 0 Å². The lowest BCUT2D eigenvalue weighted by Crippen LogP contribution is -2.25. The fourth-order valence-corrected chi connectivity index (χ4v) is 2.67. The third kappa shape index (κ3) is 2.21. The Balaban J connectivity index is 2.01. The number of aromatic nitrogens is 2. The zero-order chi connectivity index (χ0) is 13.2. The third-order valence-electron chi connectivity index (χ3n) is 3.61. The van der Waals surface area contributed by atoms with E-state index >= 15 is 0 Å². The van der Waals surface area contributed by atoms with Crippen LogP contribution in [0.3, 0.4) is 0 Å². The fourth-order valence-electron chi connectivity index (χ4n) is 2.67. The van der Waals surface area contributed by atoms with Crippen molar-refractivity contribution in [1.82, 2.24) is 14.7 Å². The highest BCUT2D eigenvalue weighted by atomic mass is 16.5. The van der Waals surface area contributed by atoms with E-state index in [-0.39, 0.29) is 5.97 Å². The van der Waals surface area contributed by atoms with Gasteiger partial charge in [-0.2, -0.15) is 0 Å². The second kappa shape index (κ2) is 5.01. The number of hydrogen-bond acceptors (Lipinski definition) is 4. The molecule has 5 nitrogen and oxygen atoms in total. The molecule has 1 unspecified atom stereocenters. The van der Waals surface area contributed by atoms with E-state index in [1.807, 2.05) is 16.5 Å². The fraction of sp³-hybridized carbons (Fsp3) is 0.429. The van der Waals surface area contributed by atoms with Crippen LogP contribution in [0.5, 0.6) is 0 Å². The van der Waals surface area contributed by atoms with E-state index < -0.39 is 0 Å². The monoisotopic (exact) mass is 259 g/mol. The molecule has 3 rings (SSSR count). The molecule has 1 aliphatic rings. The second-order valence-corrected chi connectivity index (χ2v) is 4.83. The summed E-state index contributed by atoms with van der Waals surface area (Å²) in [6.07, 6.45) is 5.01. The van der Waals surface area contributed by atoms with Gasteiger partial charge >= 0.3 is 5.97 Å². The molecule has 1 atom stereocenters. The number of esters is 1. The summed E-state index contributed by atoms with van der Waals surface area (Å²) in [6.45, 7) is 1.07. The normalized spacial score (nSPS) is 18.9. The van der Waals surface area contributed by atoms with Gasteiger partial charge in [0, 0.05) is 12.5 Å². The van der Waals surface area contributed by atoms with Crippen LogP contribution < -0.4 is 5.32 Å². The smallest absolute Gasteiger partial charge is 0.355 e. The number of methoxy groups -OCH3 is 1. The van der Waals surface area contributed by atoms with Gasteiger partial charge in [0.25, 0.3) is 0 Å². The van der Waals surface area contributed by atoms with Crippen LogP contribution in [0, 0.1) is 0 Å². The van der Waals surface area contributed by atoms with Crippen molar-refractivity contribution < 1.29 is 9.53 Å². The van der Waals surface area contributed by atoms with Gasteiger partial charge in [0.2, 0.25) is 0 Å². The van der Waals surface area contributed by atoms with E-state index in [0.29, 0.717) is 11.7 Å². The summed E-state index contributed by atoms with van der Waals surface area (Å²) in [4.78, 5) is 16.3. The Labute approximate surface area is 111 Å². The molecule has 0 spiro atoms. The maximum Gasteiger partial charge on any atom is 0.355 e. The van der Waals surface area contributed by atoms with E-state index in [1.54, 1.807) is 12.3 Å². The molecule has 0 bridgehead atoms. The van der Waals surface area contributed by atoms with Gasteiger partial charge in [-0.1, -0.05) is 6.07 Å². The van der Waals surface area contributed by atoms with E-state index in [9.17, 15) is 4.79 Å². The van der Waals surface area contributed by atoms with Crippen molar-refractivity contribution in [1.29, 1.82) is 0 Å². The number of ether oxygens (including phenoxy) is 1. The average Bonchev–Trinajstić information content (AvgIpc) is 3.08. The molecule has 1 aliphatic heterocycles. The molecule has 1 N–H and O–H groups in total. The molecule has 0 amide bonds. The topological polar surface area (TPSA) is 55.6 Å². The standard InChI is InChI=1S/C14H17N3O2/c1-19-14(18)12-6-2-5-11-9-16-13(17(11)12)8-10-4-3-7-15-10/h2,5-6,9-10,15H,3-4,7-8H2,1H3. The predicted molar refractivity (Wildman–Crippen MR) is 71.3 cm³/mol. The maximum absolute atomic E-state index is 11.8. The zero-order valence-corrected chi connectivity index (χ0v) is 10.9. The van der Waals surface area contributed by atoms with Crippen LogP contribution in [0.2, 0.25) is 0 Å². The van der Waals surface area contributed by atoms with Crippen LogP contribution in [0.4, 0.5) is 0 Å². The van der Waals surface area contributed by atoms with E-state index in [1.165, 1.54) is 13.5 Å². The summed E-state index contributed by atoms with van der Waals surface area (Å²) in [7, 11) is 1.40. The van der Waals surface area contributed by atoms with Crippen LogP contribution in [0.25, 0.3) is 5.52 Å². The van der Waals surface area contributed by atoms with Gasteiger partial charge in [-0.15, -0.1) is 0 Å². The molecular formula is C14H17N3O2. The first-order chi connectivity index (χ1) is 9.29. The van der Waals surface area contributed by atoms with Gasteiger partial charge < -0.3 is 10.1 Å². The molecule has 2 aromatic rings. The molecule has 0 radical (unpaired) electrons. The summed E-state index contributed by atoms with van der Waals surface area (Å²) < 4.78 is 6.73. The van der Waals surface area contributed by atoms with Crippen LogP contribution in [-0.4, -0.2) is 35.1 Å². The molecular weight excluding hydrogens is 242 g/mol. The number of fused-ring (bicyclic) bond motifs is 1. The van der Waals surface area contributed by atoms with Gasteiger partial charge in [-0.05, 0) is 31.5 Å². The van der Waals surface area contributed by atoms with Crippen molar-refractivity contribution in [2.24, 2.45) is 0 Å². The molecule has 100 valence electrons. The van der Waals surface area contributed by atoms with Gasteiger partial charge in [0.15, 0.2) is 0 Å². The molecule has 0 aromatic carbocycles. The first kappa shape index (κ1) is 12.2. The lowest BCUT2D eigenvalue weighted by molar-refractivity contribution is 0.0592. The van der Waals surface area contributed by atoms with Crippen LogP contribution in [-0.2, 0) is 11.2 Å². The Bertz CT molecular complexity index is 600. The Morgan fingerprint density at radius 2 is 2.47 bits per heavy atom. The lowest BCUT2D eigenvalue weighted by atomic mass is 10.1. The van der Waals surface area contributed by atoms with Crippen molar-refractivity contribution in [3.05, 3.63) is 35.9 Å². The zero-order valence-electron chi connectivity index (χ0n) is 10.9. The number of nitrogens with one attached hydrogen (secondary N) is 1. The van der Waals surface area contributed by atoms with Crippen molar-refractivity contribution >= 4 is 11.5 Å². The quantitative estimate of drug-likeness (QED) is 0.847. The average molecular weight is 259 g/mol. The Kier molecular flexibility index (Phi) is 3.21. The van der Waals surface area contributed by atoms with Crippen LogP contribution >= 0.6 is 0 Å². The summed E-state index contributed by atoms with van der Waals surface area (Å²) in [5, 5.41) is 3.45. The number of carbonyl (C=O) groups excluding carboxylic acids is 1. The largest absolute Gasteiger partial charge is 0.464 e. The van der Waals surface area contributed by atoms with E-state index in [0.717, 1.165) is 30.7 Å². The van der Waals surface area contributed by atoms with Crippen molar-refractivity contribution in [2.45, 2.75) is 25.3 Å². The Morgan fingerprint density at radius 1 is 1.58 bits per heavy atom. The number of imidazole rings is 1. The van der Waals surface area contributed by atoms with Gasteiger partial charge in [0.1, 0.15) is 11.5 Å². The SMILES string of the molecule is COC(=O)c1cccc2cnc(CC3CCCN3)n12. The molecule has 5 heteroatoms. The number of rotatable bonds is 3. The molecule has 0 saturated carbocycles. The number of carbonyl (C=O) groups is 1. The van der Waals surface area contributed by atoms with E-state index in [2.05, 4.69) is 10.3 Å². The summed E-state index contributed by atoms with van der Waals surface area (Å²) in [6, 6.07) is 6.02. The number of pyridine rings is 1. The molecule has 3 heterocycles. The number of hydrogen-bond donors (Lipinski definition) is 1. The summed E-state index contributed by atoms with van der Waals surface area (Å²) in [5.41, 5.74) is 1.46. The highest BCUT2D eigenvalue weighted by Crippen LogP contribution is 2.16. The minimum atomic E-state index is -0.329. The minimum absolute atomic E-state index is 0.329. The summed E-state index contributed by atoms with van der Waals surface area (Å²) >= 11 is 0. The molecule has 1 fully saturated rings. The van der Waals surface area contributed by atoms with Crippen molar-refractivity contribution in [3.8, 4) is 0 Å². The second-order valence-electron chi connectivity index (χ2n) is 4.83. The third-order valence-corrected chi connectivity index (χ3v) is 3.61. The van der Waals surface area contributed by atoms with Crippen LogP contribution in [0.1, 0.15) is 29.2 Å². The van der Waals surface area contributed by atoms with E-state index in [4.69, 9.17) is 4.74 Å².